The Labute approximate surface area is 183 Å². The summed E-state index contributed by atoms with van der Waals surface area (Å²) >= 11 is 0. The highest BCUT2D eigenvalue weighted by Crippen LogP contribution is 2.27. The van der Waals surface area contributed by atoms with Crippen molar-refractivity contribution in [2.75, 3.05) is 25.5 Å². The Morgan fingerprint density at radius 2 is 2.06 bits per heavy atom. The van der Waals surface area contributed by atoms with Gasteiger partial charge < -0.3 is 14.6 Å². The molecule has 31 heavy (non-hydrogen) atoms. The van der Waals surface area contributed by atoms with Crippen LogP contribution in [0.1, 0.15) is 39.3 Å². The van der Waals surface area contributed by atoms with Gasteiger partial charge in [-0.2, -0.15) is 5.10 Å². The summed E-state index contributed by atoms with van der Waals surface area (Å²) in [4.78, 5) is 28.0. The summed E-state index contributed by atoms with van der Waals surface area (Å²) in [6, 6.07) is 3.55. The molecule has 1 aliphatic rings. The largest absolute Gasteiger partial charge is 0.448 e. The third-order valence-corrected chi connectivity index (χ3v) is 5.55. The molecule has 4 aromatic heterocycles. The number of likely N-dealkylation sites (tertiary alicyclic amines) is 1. The van der Waals surface area contributed by atoms with Crippen LogP contribution >= 0.6 is 0 Å². The van der Waals surface area contributed by atoms with Crippen LogP contribution in [0.2, 0.25) is 0 Å². The van der Waals surface area contributed by atoms with Crippen molar-refractivity contribution >= 4 is 22.6 Å². The van der Waals surface area contributed by atoms with Gasteiger partial charge in [0.05, 0.1) is 17.9 Å². The summed E-state index contributed by atoms with van der Waals surface area (Å²) in [5.74, 6) is 0.753. The van der Waals surface area contributed by atoms with Crippen LogP contribution in [0.3, 0.4) is 0 Å². The van der Waals surface area contributed by atoms with Crippen molar-refractivity contribution in [3.8, 4) is 11.1 Å². The second-order valence-electron chi connectivity index (χ2n) is 7.76. The van der Waals surface area contributed by atoms with Crippen molar-refractivity contribution in [1.82, 2.24) is 29.6 Å². The Morgan fingerprint density at radius 3 is 2.87 bits per heavy atom. The van der Waals surface area contributed by atoms with Gasteiger partial charge in [0.15, 0.2) is 11.6 Å². The van der Waals surface area contributed by atoms with E-state index >= 15 is 0 Å². The van der Waals surface area contributed by atoms with Gasteiger partial charge >= 0.3 is 0 Å². The zero-order valence-corrected chi connectivity index (χ0v) is 16.9. The summed E-state index contributed by atoms with van der Waals surface area (Å²) in [6.45, 7) is -0.399. The molecule has 0 aliphatic carbocycles. The molecule has 4 aromatic rings. The van der Waals surface area contributed by atoms with Gasteiger partial charge in [0.25, 0.3) is 5.91 Å². The number of pyridine rings is 2. The molecule has 0 radical (unpaired) electrons. The van der Waals surface area contributed by atoms with Crippen LogP contribution in [0.15, 0.2) is 47.6 Å². The SMILES string of the molecule is [2H]C([2H])([2H])n1cc(-c2cnc3cnc(NC(=O)c4coc(C5CCN(C)CC5)n4)cc3c2)cn1. The number of nitrogens with one attached hydrogen (secondary N) is 1. The lowest BCUT2D eigenvalue weighted by Gasteiger charge is -2.26. The fraction of sp³-hybridized carbons (Fsp3) is 0.318. The molecule has 1 N–H and O–H groups in total. The van der Waals surface area contributed by atoms with Gasteiger partial charge in [-0.1, -0.05) is 0 Å². The van der Waals surface area contributed by atoms with E-state index in [1.807, 2.05) is 6.07 Å². The van der Waals surface area contributed by atoms with Gasteiger partial charge in [-0.25, -0.2) is 9.97 Å². The molecule has 0 saturated carbocycles. The average Bonchev–Trinajstić information content (AvgIpc) is 3.49. The lowest BCUT2D eigenvalue weighted by Crippen LogP contribution is -2.29. The summed E-state index contributed by atoms with van der Waals surface area (Å²) in [5, 5.41) is 7.40. The maximum atomic E-state index is 12.7. The molecular weight excluding hydrogens is 394 g/mol. The number of anilines is 1. The number of oxazole rings is 1. The lowest BCUT2D eigenvalue weighted by molar-refractivity contribution is 0.102. The molecular formula is C22H23N7O2. The van der Waals surface area contributed by atoms with E-state index in [1.54, 1.807) is 18.5 Å². The molecule has 0 bridgehead atoms. The molecule has 1 saturated heterocycles. The van der Waals surface area contributed by atoms with E-state index in [1.165, 1.54) is 18.7 Å². The molecule has 5 heterocycles. The first kappa shape index (κ1) is 16.1. The van der Waals surface area contributed by atoms with Gasteiger partial charge in [-0.15, -0.1) is 0 Å². The van der Waals surface area contributed by atoms with Crippen LogP contribution in [0.5, 0.6) is 0 Å². The molecule has 9 heteroatoms. The standard InChI is InChI=1S/C22H23N7O2/c1-28-5-3-14(4-6-28)22-26-19(13-31-22)21(30)27-20-8-15-7-16(9-23-18(15)11-24-20)17-10-25-29(2)12-17/h7-14H,3-6H2,1-2H3,(H,24,27,30)/i2D3. The Hall–Kier alpha value is -3.59. The number of carbonyl (C=O) groups excluding carboxylic acids is 1. The number of nitrogens with zero attached hydrogens (tertiary/aromatic N) is 6. The minimum atomic E-state index is -2.35. The smallest absolute Gasteiger partial charge is 0.278 e. The van der Waals surface area contributed by atoms with E-state index in [0.29, 0.717) is 28.4 Å². The maximum Gasteiger partial charge on any atom is 0.278 e. The summed E-state index contributed by atoms with van der Waals surface area (Å²) in [6.07, 6.45) is 9.40. The van der Waals surface area contributed by atoms with E-state index in [0.717, 1.165) is 36.0 Å². The van der Waals surface area contributed by atoms with Crippen LogP contribution in [0, 0.1) is 0 Å². The first-order valence-electron chi connectivity index (χ1n) is 11.5. The average molecular weight is 420 g/mol. The molecule has 0 atom stereocenters. The Morgan fingerprint density at radius 1 is 1.19 bits per heavy atom. The Balaban J connectivity index is 1.33. The van der Waals surface area contributed by atoms with Crippen molar-refractivity contribution in [3.63, 3.8) is 0 Å². The Bertz CT molecular complexity index is 1340. The van der Waals surface area contributed by atoms with Gasteiger partial charge in [0.2, 0.25) is 0 Å². The van der Waals surface area contributed by atoms with E-state index in [9.17, 15) is 4.79 Å². The number of fused-ring (bicyclic) bond motifs is 1. The quantitative estimate of drug-likeness (QED) is 0.541. The van der Waals surface area contributed by atoms with Crippen LogP contribution in [0.4, 0.5) is 5.82 Å². The second kappa shape index (κ2) is 7.92. The van der Waals surface area contributed by atoms with E-state index in [2.05, 4.69) is 37.3 Å². The molecule has 1 amide bonds. The number of rotatable bonds is 4. The highest BCUT2D eigenvalue weighted by atomic mass is 16.3. The molecule has 0 aromatic carbocycles. The van der Waals surface area contributed by atoms with Crippen LogP contribution in [0.25, 0.3) is 22.0 Å². The summed E-state index contributed by atoms with van der Waals surface area (Å²) in [7, 11) is 2.09. The highest BCUT2D eigenvalue weighted by molar-refractivity contribution is 6.02. The molecule has 1 fully saturated rings. The predicted molar refractivity (Wildman–Crippen MR) is 116 cm³/mol. The lowest BCUT2D eigenvalue weighted by atomic mass is 9.97. The third kappa shape index (κ3) is 4.04. The summed E-state index contributed by atoms with van der Waals surface area (Å²) in [5.41, 5.74) is 2.17. The van der Waals surface area contributed by atoms with Gasteiger partial charge in [0, 0.05) is 45.9 Å². The number of aryl methyl sites for hydroxylation is 1. The fourth-order valence-corrected chi connectivity index (χ4v) is 3.74. The number of carbonyl (C=O) groups is 1. The molecule has 158 valence electrons. The van der Waals surface area contributed by atoms with E-state index in [4.69, 9.17) is 8.53 Å². The minimum Gasteiger partial charge on any atom is -0.448 e. The minimum absolute atomic E-state index is 0.208. The molecule has 5 rings (SSSR count). The highest BCUT2D eigenvalue weighted by Gasteiger charge is 2.24. The number of aromatic nitrogens is 5. The van der Waals surface area contributed by atoms with E-state index in [-0.39, 0.29) is 11.6 Å². The number of amides is 1. The molecule has 0 unspecified atom stereocenters. The number of hydrogen-bond acceptors (Lipinski definition) is 7. The van der Waals surface area contributed by atoms with Gasteiger partial charge in [0.1, 0.15) is 12.1 Å². The first-order chi connectivity index (χ1) is 16.3. The van der Waals surface area contributed by atoms with E-state index < -0.39 is 12.9 Å². The van der Waals surface area contributed by atoms with Crippen molar-refractivity contribution in [2.45, 2.75) is 18.8 Å². The topological polar surface area (TPSA) is 102 Å². The third-order valence-electron chi connectivity index (χ3n) is 5.55. The predicted octanol–water partition coefficient (Wildman–Crippen LogP) is 3.08. The van der Waals surface area contributed by atoms with Gasteiger partial charge in [-0.3, -0.25) is 14.5 Å². The van der Waals surface area contributed by atoms with Crippen molar-refractivity contribution in [1.29, 1.82) is 0 Å². The van der Waals surface area contributed by atoms with Gasteiger partial charge in [-0.05, 0) is 45.1 Å². The van der Waals surface area contributed by atoms with Crippen molar-refractivity contribution < 1.29 is 13.3 Å². The fourth-order valence-electron chi connectivity index (χ4n) is 3.74. The van der Waals surface area contributed by atoms with Crippen LogP contribution in [-0.4, -0.2) is 55.7 Å². The Kier molecular flexibility index (Phi) is 4.12. The zero-order chi connectivity index (χ0) is 23.9. The second-order valence-corrected chi connectivity index (χ2v) is 7.76. The number of piperidine rings is 1. The molecule has 9 nitrogen and oxygen atoms in total. The van der Waals surface area contributed by atoms with Crippen molar-refractivity contribution in [3.05, 3.63) is 54.8 Å². The normalized spacial score (nSPS) is 17.3. The first-order valence-corrected chi connectivity index (χ1v) is 10.0. The monoisotopic (exact) mass is 420 g/mol. The molecule has 1 aliphatic heterocycles. The zero-order valence-electron chi connectivity index (χ0n) is 19.9. The number of hydrogen-bond donors (Lipinski definition) is 1. The van der Waals surface area contributed by atoms with Crippen molar-refractivity contribution in [2.24, 2.45) is 6.98 Å². The molecule has 0 spiro atoms. The summed E-state index contributed by atoms with van der Waals surface area (Å²) < 4.78 is 28.9. The van der Waals surface area contributed by atoms with Crippen LogP contribution in [-0.2, 0) is 6.98 Å². The maximum absolute atomic E-state index is 12.7. The van der Waals surface area contributed by atoms with Crippen LogP contribution < -0.4 is 5.32 Å².